The van der Waals surface area contributed by atoms with Gasteiger partial charge in [-0.1, -0.05) is 69.0 Å². The molecule has 0 fully saturated rings. The maximum atomic E-state index is 14.7. The number of halogens is 4. The average Bonchev–Trinajstić information content (AvgIpc) is 2.94. The van der Waals surface area contributed by atoms with E-state index in [1.165, 1.54) is 55.5 Å². The van der Waals surface area contributed by atoms with Crippen molar-refractivity contribution in [3.05, 3.63) is 122 Å². The molecule has 1 heterocycles. The van der Waals surface area contributed by atoms with Gasteiger partial charge in [0.2, 0.25) is 0 Å². The summed E-state index contributed by atoms with van der Waals surface area (Å²) >= 11 is 17.9. The molecule has 1 aliphatic heterocycles. The van der Waals surface area contributed by atoms with Crippen LogP contribution in [0.15, 0.2) is 105 Å². The van der Waals surface area contributed by atoms with Gasteiger partial charge in [0, 0.05) is 23.7 Å². The van der Waals surface area contributed by atoms with Crippen LogP contribution in [0.5, 0.6) is 0 Å². The van der Waals surface area contributed by atoms with Crippen molar-refractivity contribution in [2.24, 2.45) is 5.41 Å². The van der Waals surface area contributed by atoms with E-state index in [9.17, 15) is 21.6 Å². The lowest BCUT2D eigenvalue weighted by Crippen LogP contribution is -2.52. The summed E-state index contributed by atoms with van der Waals surface area (Å²) in [5.41, 5.74) is 0.665. The number of benzene rings is 4. The maximum absolute atomic E-state index is 14.7. The Balaban J connectivity index is 1.83. The van der Waals surface area contributed by atoms with E-state index in [-0.39, 0.29) is 15.5 Å². The molecule has 1 atom stereocenters. The van der Waals surface area contributed by atoms with Crippen LogP contribution in [-0.4, -0.2) is 28.5 Å². The molecule has 5 rings (SSSR count). The van der Waals surface area contributed by atoms with Crippen LogP contribution in [0.3, 0.4) is 0 Å². The van der Waals surface area contributed by atoms with E-state index in [0.29, 0.717) is 33.5 Å². The van der Waals surface area contributed by atoms with Crippen molar-refractivity contribution in [1.29, 1.82) is 0 Å². The van der Waals surface area contributed by atoms with Crippen molar-refractivity contribution >= 4 is 102 Å². The molecule has 6 nitrogen and oxygen atoms in total. The van der Waals surface area contributed by atoms with Crippen LogP contribution in [0.4, 0.5) is 5.69 Å². The molecule has 0 saturated carbocycles. The number of nitrogens with zero attached hydrogens (tertiary/aromatic N) is 1. The topological polar surface area (TPSA) is 88.6 Å². The third-order valence-corrected chi connectivity index (χ3v) is 13.0. The van der Waals surface area contributed by atoms with Crippen LogP contribution >= 0.6 is 61.7 Å². The molecule has 0 aliphatic carbocycles. The Kier molecular flexibility index (Phi) is 8.94. The van der Waals surface area contributed by atoms with Gasteiger partial charge in [0.05, 0.1) is 26.6 Å². The number of hydrogen-bond donors (Lipinski definition) is 0. The number of carbonyl (C=O) groups is 1. The molecule has 222 valence electrons. The van der Waals surface area contributed by atoms with Gasteiger partial charge in [-0.25, -0.2) is 21.1 Å². The van der Waals surface area contributed by atoms with Gasteiger partial charge in [0.15, 0.2) is 9.84 Å². The molecule has 0 saturated heterocycles. The summed E-state index contributed by atoms with van der Waals surface area (Å²) in [5, 5.41) is 0.611. The fraction of sp³-hybridized carbons (Fsp3) is 0.129. The minimum Gasteiger partial charge on any atom is -0.272 e. The van der Waals surface area contributed by atoms with E-state index in [2.05, 4.69) is 38.5 Å². The normalized spacial score (nSPS) is 18.4. The largest absolute Gasteiger partial charge is 0.272 e. The van der Waals surface area contributed by atoms with E-state index < -0.39 is 36.9 Å². The predicted molar refractivity (Wildman–Crippen MR) is 184 cm³/mol. The number of anilines is 1. The van der Waals surface area contributed by atoms with E-state index in [4.69, 9.17) is 23.2 Å². The van der Waals surface area contributed by atoms with Crippen molar-refractivity contribution in [2.75, 3.05) is 10.1 Å². The molecule has 0 bridgehead atoms. The van der Waals surface area contributed by atoms with Crippen molar-refractivity contribution in [3.8, 4) is 0 Å². The number of carbonyl (C=O) groups excluding carboxylic acids is 1. The van der Waals surface area contributed by atoms with Gasteiger partial charge in [0.25, 0.3) is 15.9 Å². The highest BCUT2D eigenvalue weighted by atomic mass is 127. The molecule has 43 heavy (non-hydrogen) atoms. The number of hydrogen-bond acceptors (Lipinski definition) is 5. The zero-order valence-corrected chi connectivity index (χ0v) is 29.6. The summed E-state index contributed by atoms with van der Waals surface area (Å²) < 4.78 is 58.2. The quantitative estimate of drug-likeness (QED) is 0.182. The Morgan fingerprint density at radius 1 is 0.837 bits per heavy atom. The van der Waals surface area contributed by atoms with E-state index in [0.717, 1.165) is 11.1 Å². The first kappa shape index (κ1) is 32.2. The molecular formula is C31H23BrCl2INO5S2. The van der Waals surface area contributed by atoms with Gasteiger partial charge in [-0.05, 0) is 114 Å². The standard InChI is InChI=1S/C31H23BrCl2INO5S2/c1-19-3-5-20(6-4-19)29(35)28-26-17-23(34)11-16-27(26)36(43(40,41)25-14-9-22(33)10-15-25)30(37)31(28,2)18-42(38,39)24-12-7-21(32)8-13-24/h3-17H,18H2,1-2H3/b29-28+/t31-/m0/s1. The first-order valence-electron chi connectivity index (χ1n) is 12.8. The lowest BCUT2D eigenvalue weighted by Gasteiger charge is -2.42. The third-order valence-electron chi connectivity index (χ3n) is 7.18. The highest BCUT2D eigenvalue weighted by Gasteiger charge is 2.53. The molecule has 0 N–H and O–H groups in total. The second-order valence-corrected chi connectivity index (χ2v) is 16.9. The number of sulfonamides is 1. The van der Waals surface area contributed by atoms with Crippen LogP contribution in [0, 0.1) is 12.3 Å². The fourth-order valence-electron chi connectivity index (χ4n) is 5.02. The number of amides is 1. The zero-order chi connectivity index (χ0) is 31.3. The number of rotatable bonds is 6. The highest BCUT2D eigenvalue weighted by Crippen LogP contribution is 2.54. The lowest BCUT2D eigenvalue weighted by molar-refractivity contribution is -0.122. The van der Waals surface area contributed by atoms with E-state index in [1.54, 1.807) is 18.2 Å². The van der Waals surface area contributed by atoms with Crippen LogP contribution in [0.2, 0.25) is 10.0 Å². The van der Waals surface area contributed by atoms with Crippen LogP contribution in [-0.2, 0) is 24.7 Å². The summed E-state index contributed by atoms with van der Waals surface area (Å²) in [4.78, 5) is 14.5. The number of sulfone groups is 1. The van der Waals surface area contributed by atoms with Crippen LogP contribution < -0.4 is 4.31 Å². The summed E-state index contributed by atoms with van der Waals surface area (Å²) in [5.74, 6) is -1.61. The third kappa shape index (κ3) is 6.06. The smallest absolute Gasteiger partial charge is 0.270 e. The Morgan fingerprint density at radius 2 is 1.40 bits per heavy atom. The molecule has 1 amide bonds. The van der Waals surface area contributed by atoms with Crippen molar-refractivity contribution in [1.82, 2.24) is 0 Å². The first-order chi connectivity index (χ1) is 20.1. The summed E-state index contributed by atoms with van der Waals surface area (Å²) in [7, 11) is -8.64. The molecule has 1 aliphatic rings. The molecule has 0 unspecified atom stereocenters. The molecule has 0 radical (unpaired) electrons. The van der Waals surface area contributed by atoms with Crippen molar-refractivity contribution in [2.45, 2.75) is 23.6 Å². The Labute approximate surface area is 283 Å². The minimum atomic E-state index is -4.51. The molecule has 12 heteroatoms. The van der Waals surface area contributed by atoms with Gasteiger partial charge in [-0.3, -0.25) is 4.79 Å². The zero-order valence-electron chi connectivity index (χ0n) is 22.7. The molecule has 4 aromatic rings. The molecule has 0 aromatic heterocycles. The van der Waals surface area contributed by atoms with Gasteiger partial charge in [-0.2, -0.15) is 0 Å². The second-order valence-electron chi connectivity index (χ2n) is 10.3. The Morgan fingerprint density at radius 3 is 2.00 bits per heavy atom. The Bertz CT molecular complexity index is 2000. The van der Waals surface area contributed by atoms with Gasteiger partial charge in [-0.15, -0.1) is 0 Å². The molecule has 0 spiro atoms. The fourth-order valence-corrected chi connectivity index (χ4v) is 10.1. The number of aryl methyl sites for hydroxylation is 1. The van der Waals surface area contributed by atoms with Crippen molar-refractivity contribution < 1.29 is 21.6 Å². The summed E-state index contributed by atoms with van der Waals surface area (Å²) in [6, 6.07) is 23.6. The number of fused-ring (bicyclic) bond motifs is 1. The maximum Gasteiger partial charge on any atom is 0.270 e. The van der Waals surface area contributed by atoms with E-state index >= 15 is 0 Å². The van der Waals surface area contributed by atoms with Crippen LogP contribution in [0.1, 0.15) is 23.6 Å². The predicted octanol–water partition coefficient (Wildman–Crippen LogP) is 8.58. The minimum absolute atomic E-state index is 0.00146. The van der Waals surface area contributed by atoms with Gasteiger partial charge < -0.3 is 0 Å². The lowest BCUT2D eigenvalue weighted by atomic mass is 9.75. The van der Waals surface area contributed by atoms with Crippen molar-refractivity contribution in [3.63, 3.8) is 0 Å². The summed E-state index contributed by atoms with van der Waals surface area (Å²) in [6.45, 7) is 3.42. The average molecular weight is 831 g/mol. The first-order valence-corrected chi connectivity index (χ1v) is 18.5. The second kappa shape index (κ2) is 11.9. The molecular weight excluding hydrogens is 808 g/mol. The van der Waals surface area contributed by atoms with Gasteiger partial charge >= 0.3 is 0 Å². The molecule has 4 aromatic carbocycles. The van der Waals surface area contributed by atoms with E-state index in [1.807, 2.05) is 31.2 Å². The SMILES string of the molecule is Cc1ccc(/C(I)=C2/c3cc(Cl)ccc3N(S(=O)(=O)c3ccc(Cl)cc3)C(=O)[C@@]2(C)CS(=O)(=O)c2ccc(Br)cc2)cc1. The highest BCUT2D eigenvalue weighted by molar-refractivity contribution is 14.1. The summed E-state index contributed by atoms with van der Waals surface area (Å²) in [6.07, 6.45) is 0. The van der Waals surface area contributed by atoms with Crippen LogP contribution in [0.25, 0.3) is 9.15 Å². The van der Waals surface area contributed by atoms with Gasteiger partial charge in [0.1, 0.15) is 0 Å². The Hall–Kier alpha value is -2.22. The monoisotopic (exact) mass is 829 g/mol.